The fraction of sp³-hybridized carbons (Fsp3) is 0.765. The molecule has 40 heavy (non-hydrogen) atoms. The predicted octanol–water partition coefficient (Wildman–Crippen LogP) is 9.34. The zero-order chi connectivity index (χ0) is 28.2. The molecule has 4 fully saturated rings. The van der Waals surface area contributed by atoms with Crippen molar-refractivity contribution in [2.24, 2.45) is 47.3 Å². The molecule has 1 aromatic carbocycles. The van der Waals surface area contributed by atoms with Gasteiger partial charge in [-0.25, -0.2) is 0 Å². The fourth-order valence-corrected chi connectivity index (χ4v) is 8.72. The molecular weight excluding hydrogens is 537 g/mol. The first-order valence-electron chi connectivity index (χ1n) is 16.3. The lowest BCUT2D eigenvalue weighted by molar-refractivity contribution is -0.141. The van der Waals surface area contributed by atoms with Gasteiger partial charge < -0.3 is 9.47 Å². The van der Waals surface area contributed by atoms with Crippen molar-refractivity contribution in [2.45, 2.75) is 126 Å². The number of ether oxygens (including phenoxy) is 2. The molecule has 1 aromatic rings. The molecule has 0 spiro atoms. The minimum atomic E-state index is -0.173. The summed E-state index contributed by atoms with van der Waals surface area (Å²) in [7, 11) is 0. The van der Waals surface area contributed by atoms with E-state index in [0.717, 1.165) is 86.9 Å². The molecule has 0 atom stereocenters. The van der Waals surface area contributed by atoms with E-state index in [9.17, 15) is 9.59 Å². The second-order valence-electron chi connectivity index (χ2n) is 13.9. The second kappa shape index (κ2) is 13.9. The Morgan fingerprint density at radius 2 is 0.800 bits per heavy atom. The van der Waals surface area contributed by atoms with Gasteiger partial charge in [-0.1, -0.05) is 39.5 Å². The first-order valence-corrected chi connectivity index (χ1v) is 17.2. The largest absolute Gasteiger partial charge is 0.425 e. The maximum absolute atomic E-state index is 13.0. The molecule has 5 rings (SSSR count). The van der Waals surface area contributed by atoms with Crippen LogP contribution in [0.25, 0.3) is 0 Å². The van der Waals surface area contributed by atoms with Crippen molar-refractivity contribution in [3.8, 4) is 11.5 Å². The van der Waals surface area contributed by atoms with Crippen LogP contribution in [0.1, 0.15) is 117 Å². The highest BCUT2D eigenvalue weighted by Gasteiger charge is 2.35. The van der Waals surface area contributed by atoms with Crippen LogP contribution in [0, 0.1) is 47.3 Å². The predicted molar refractivity (Wildman–Crippen MR) is 165 cm³/mol. The summed E-state index contributed by atoms with van der Waals surface area (Å²) in [6.45, 7) is 4.74. The topological polar surface area (TPSA) is 52.6 Å². The molecule has 0 unspecified atom stereocenters. The highest BCUT2D eigenvalue weighted by atomic mass is 32.1. The molecule has 6 heteroatoms. The maximum Gasteiger partial charge on any atom is 0.314 e. The van der Waals surface area contributed by atoms with Crippen LogP contribution in [0.4, 0.5) is 0 Å². The molecule has 4 aliphatic rings. The molecule has 4 nitrogen and oxygen atoms in total. The third-order valence-electron chi connectivity index (χ3n) is 11.2. The van der Waals surface area contributed by atoms with Gasteiger partial charge in [0.15, 0.2) is 0 Å². The van der Waals surface area contributed by atoms with Gasteiger partial charge in [0, 0.05) is 0 Å². The van der Waals surface area contributed by atoms with Crippen molar-refractivity contribution < 1.29 is 19.1 Å². The Balaban J connectivity index is 1.09. The maximum atomic E-state index is 13.0. The second-order valence-corrected chi connectivity index (χ2v) is 14.8. The SMILES string of the molecule is CC1CCC(C2CCC(C(=O)Oc3ccc(OC(=O)C4CCC(C5CCC(C)CC5)CC4)c(S)c3S)CC2)CC1. The third-order valence-corrected chi connectivity index (χ3v) is 12.2. The number of carbonyl (C=O) groups is 2. The van der Waals surface area contributed by atoms with Crippen LogP contribution in [0.5, 0.6) is 11.5 Å². The van der Waals surface area contributed by atoms with E-state index in [-0.39, 0.29) is 23.8 Å². The average Bonchev–Trinajstić information content (AvgIpc) is 2.98. The van der Waals surface area contributed by atoms with Crippen LogP contribution in [0.3, 0.4) is 0 Å². The van der Waals surface area contributed by atoms with Gasteiger partial charge >= 0.3 is 11.9 Å². The summed E-state index contributed by atoms with van der Waals surface area (Å²) in [5.41, 5.74) is 0. The van der Waals surface area contributed by atoms with Crippen molar-refractivity contribution in [1.82, 2.24) is 0 Å². The first kappa shape index (κ1) is 30.3. The smallest absolute Gasteiger partial charge is 0.314 e. The number of rotatable bonds is 6. The molecule has 0 amide bonds. The average molecular weight is 587 g/mol. The first-order chi connectivity index (χ1) is 19.3. The van der Waals surface area contributed by atoms with Crippen LogP contribution in [0.15, 0.2) is 21.9 Å². The Kier molecular flexibility index (Phi) is 10.5. The van der Waals surface area contributed by atoms with Gasteiger partial charge in [-0.2, -0.15) is 0 Å². The van der Waals surface area contributed by atoms with Crippen molar-refractivity contribution in [3.05, 3.63) is 12.1 Å². The summed E-state index contributed by atoms with van der Waals surface area (Å²) in [6, 6.07) is 3.39. The molecule has 0 aliphatic heterocycles. The van der Waals surface area contributed by atoms with Crippen molar-refractivity contribution in [3.63, 3.8) is 0 Å². The van der Waals surface area contributed by atoms with Gasteiger partial charge in [-0.3, -0.25) is 9.59 Å². The van der Waals surface area contributed by atoms with Crippen molar-refractivity contribution in [1.29, 1.82) is 0 Å². The number of hydrogen-bond acceptors (Lipinski definition) is 6. The van der Waals surface area contributed by atoms with Crippen molar-refractivity contribution >= 4 is 37.2 Å². The monoisotopic (exact) mass is 586 g/mol. The summed E-state index contributed by atoms with van der Waals surface area (Å²) in [6.07, 6.45) is 19.0. The summed E-state index contributed by atoms with van der Waals surface area (Å²) in [4.78, 5) is 26.9. The minimum Gasteiger partial charge on any atom is -0.425 e. The standard InChI is InChI=1S/C34H50O4S2/c1-21-3-7-23(8-4-21)25-11-15-27(16-12-25)33(35)37-29-19-20-30(32(40)31(29)39)38-34(36)28-17-13-26(14-18-28)24-9-5-22(2)6-10-24/h19-28,39-40H,3-18H2,1-2H3. The lowest BCUT2D eigenvalue weighted by Gasteiger charge is -2.36. The third kappa shape index (κ3) is 7.43. The number of hydrogen-bond donors (Lipinski definition) is 2. The summed E-state index contributed by atoms with van der Waals surface area (Å²) >= 11 is 9.18. The molecule has 222 valence electrons. The summed E-state index contributed by atoms with van der Waals surface area (Å²) < 4.78 is 11.6. The Morgan fingerprint density at radius 1 is 0.525 bits per heavy atom. The molecule has 0 heterocycles. The number of esters is 2. The van der Waals surface area contributed by atoms with Crippen LogP contribution in [-0.2, 0) is 9.59 Å². The number of carbonyl (C=O) groups excluding carboxylic acids is 2. The Labute approximate surface area is 252 Å². The van der Waals surface area contributed by atoms with E-state index in [4.69, 9.17) is 9.47 Å². The van der Waals surface area contributed by atoms with E-state index in [1.165, 1.54) is 51.4 Å². The molecule has 0 radical (unpaired) electrons. The van der Waals surface area contributed by atoms with E-state index < -0.39 is 0 Å². The summed E-state index contributed by atoms with van der Waals surface area (Å²) in [5.74, 6) is 5.29. The molecular formula is C34H50O4S2. The Hall–Kier alpha value is -1.14. The van der Waals surface area contributed by atoms with Gasteiger partial charge in [0.25, 0.3) is 0 Å². The van der Waals surface area contributed by atoms with E-state index in [0.29, 0.717) is 21.3 Å². The molecule has 0 bridgehead atoms. The van der Waals surface area contributed by atoms with Gasteiger partial charge in [0.1, 0.15) is 11.5 Å². The van der Waals surface area contributed by atoms with Crippen molar-refractivity contribution in [2.75, 3.05) is 0 Å². The van der Waals surface area contributed by atoms with Crippen LogP contribution < -0.4 is 9.47 Å². The normalized spacial score (nSPS) is 35.1. The van der Waals surface area contributed by atoms with E-state index >= 15 is 0 Å². The fourth-order valence-electron chi connectivity index (χ4n) is 8.26. The van der Waals surface area contributed by atoms with Gasteiger partial charge in [0.05, 0.1) is 21.6 Å². The zero-order valence-electron chi connectivity index (χ0n) is 24.6. The minimum absolute atomic E-state index is 0.0560. The van der Waals surface area contributed by atoms with E-state index in [1.807, 2.05) is 0 Å². The Bertz CT molecular complexity index is 928. The van der Waals surface area contributed by atoms with Gasteiger partial charge in [-0.05, 0) is 125 Å². The molecule has 4 aliphatic carbocycles. The Morgan fingerprint density at radius 3 is 1.10 bits per heavy atom. The molecule has 0 N–H and O–H groups in total. The number of thiol groups is 2. The lowest BCUT2D eigenvalue weighted by Crippen LogP contribution is -2.30. The lowest BCUT2D eigenvalue weighted by atomic mass is 9.69. The van der Waals surface area contributed by atoms with E-state index in [1.54, 1.807) is 12.1 Å². The summed E-state index contributed by atoms with van der Waals surface area (Å²) in [5, 5.41) is 0. The molecule has 0 aromatic heterocycles. The zero-order valence-corrected chi connectivity index (χ0v) is 26.4. The van der Waals surface area contributed by atoms with Crippen LogP contribution >= 0.6 is 25.3 Å². The highest BCUT2D eigenvalue weighted by Crippen LogP contribution is 2.44. The number of benzene rings is 1. The quantitative estimate of drug-likeness (QED) is 0.198. The van der Waals surface area contributed by atoms with Crippen LogP contribution in [0.2, 0.25) is 0 Å². The van der Waals surface area contributed by atoms with Gasteiger partial charge in [-0.15, -0.1) is 25.3 Å². The van der Waals surface area contributed by atoms with Gasteiger partial charge in [0.2, 0.25) is 0 Å². The van der Waals surface area contributed by atoms with E-state index in [2.05, 4.69) is 39.1 Å². The highest BCUT2D eigenvalue weighted by molar-refractivity contribution is 7.83. The molecule has 4 saturated carbocycles. The van der Waals surface area contributed by atoms with Crippen LogP contribution in [-0.4, -0.2) is 11.9 Å². The molecule has 0 saturated heterocycles.